The molecule has 1 atom stereocenters. The van der Waals surface area contributed by atoms with Crippen LogP contribution < -0.4 is 0 Å². The lowest BCUT2D eigenvalue weighted by Crippen LogP contribution is -2.27. The summed E-state index contributed by atoms with van der Waals surface area (Å²) in [6, 6.07) is 5.07. The molecule has 21 heavy (non-hydrogen) atoms. The number of imidazole rings is 1. The summed E-state index contributed by atoms with van der Waals surface area (Å²) in [7, 11) is 0. The van der Waals surface area contributed by atoms with Crippen LogP contribution in [0, 0.1) is 5.41 Å². The number of esters is 1. The molecule has 0 spiro atoms. The van der Waals surface area contributed by atoms with Gasteiger partial charge in [-0.2, -0.15) is 0 Å². The lowest BCUT2D eigenvalue weighted by molar-refractivity contribution is -0.160. The first-order chi connectivity index (χ1) is 9.79. The first kappa shape index (κ1) is 15.9. The summed E-state index contributed by atoms with van der Waals surface area (Å²) in [4.78, 5) is 16.2. The standard InChI is InChI=1S/C15H16Cl2N2O2/c1-15(2,3)14(20)21-13(19-7-6-18-9-19)11-5-4-10(16)8-12(11)17/h4-9,13H,1-3H3. The van der Waals surface area contributed by atoms with E-state index in [4.69, 9.17) is 27.9 Å². The Morgan fingerprint density at radius 1 is 1.33 bits per heavy atom. The molecule has 112 valence electrons. The number of aromatic nitrogens is 2. The molecule has 0 aliphatic rings. The van der Waals surface area contributed by atoms with Crippen LogP contribution in [0.3, 0.4) is 0 Å². The van der Waals surface area contributed by atoms with E-state index in [0.717, 1.165) is 0 Å². The van der Waals surface area contributed by atoms with Gasteiger partial charge in [0, 0.05) is 23.0 Å². The minimum atomic E-state index is -0.677. The Bertz CT molecular complexity index is 634. The molecule has 2 aromatic rings. The molecule has 1 aromatic carbocycles. The Kier molecular flexibility index (Phi) is 4.59. The van der Waals surface area contributed by atoms with Crippen molar-refractivity contribution >= 4 is 29.2 Å². The zero-order chi connectivity index (χ0) is 15.6. The van der Waals surface area contributed by atoms with Gasteiger partial charge in [-0.25, -0.2) is 4.98 Å². The van der Waals surface area contributed by atoms with Crippen LogP contribution in [0.25, 0.3) is 0 Å². The number of rotatable bonds is 3. The fourth-order valence-electron chi connectivity index (χ4n) is 1.67. The second-order valence-electron chi connectivity index (χ2n) is 5.68. The predicted octanol–water partition coefficient (Wildman–Crippen LogP) is 4.33. The molecule has 0 N–H and O–H groups in total. The second-order valence-corrected chi connectivity index (χ2v) is 6.53. The van der Waals surface area contributed by atoms with Crippen LogP contribution in [0.15, 0.2) is 36.9 Å². The Morgan fingerprint density at radius 3 is 2.57 bits per heavy atom. The van der Waals surface area contributed by atoms with Crippen LogP contribution >= 0.6 is 23.2 Å². The average molecular weight is 327 g/mol. The van der Waals surface area contributed by atoms with Crippen LogP contribution in [-0.2, 0) is 9.53 Å². The Labute approximate surface area is 133 Å². The zero-order valence-electron chi connectivity index (χ0n) is 12.0. The predicted molar refractivity (Wildman–Crippen MR) is 82.4 cm³/mol. The first-order valence-corrected chi connectivity index (χ1v) is 7.18. The average Bonchev–Trinajstić information content (AvgIpc) is 2.89. The monoisotopic (exact) mass is 326 g/mol. The molecule has 0 saturated heterocycles. The summed E-state index contributed by atoms with van der Waals surface area (Å²) in [5, 5.41) is 0.957. The highest BCUT2D eigenvalue weighted by atomic mass is 35.5. The van der Waals surface area contributed by atoms with Crippen molar-refractivity contribution < 1.29 is 9.53 Å². The van der Waals surface area contributed by atoms with E-state index in [9.17, 15) is 4.79 Å². The molecule has 0 aliphatic carbocycles. The quantitative estimate of drug-likeness (QED) is 0.788. The molecule has 2 rings (SSSR count). The first-order valence-electron chi connectivity index (χ1n) is 6.42. The summed E-state index contributed by atoms with van der Waals surface area (Å²) in [6.45, 7) is 5.39. The number of hydrogen-bond donors (Lipinski definition) is 0. The van der Waals surface area contributed by atoms with Gasteiger partial charge in [-0.05, 0) is 32.9 Å². The molecular weight excluding hydrogens is 311 g/mol. The van der Waals surface area contributed by atoms with Crippen LogP contribution in [0.2, 0.25) is 10.0 Å². The maximum absolute atomic E-state index is 12.2. The molecule has 4 nitrogen and oxygen atoms in total. The van der Waals surface area contributed by atoms with Gasteiger partial charge >= 0.3 is 5.97 Å². The smallest absolute Gasteiger partial charge is 0.313 e. The largest absolute Gasteiger partial charge is 0.436 e. The van der Waals surface area contributed by atoms with Crippen LogP contribution in [0.4, 0.5) is 0 Å². The SMILES string of the molecule is CC(C)(C)C(=O)OC(c1ccc(Cl)cc1Cl)n1ccnc1. The van der Waals surface area contributed by atoms with E-state index in [1.54, 1.807) is 62.3 Å². The minimum absolute atomic E-state index is 0.327. The Morgan fingerprint density at radius 2 is 2.05 bits per heavy atom. The molecule has 1 heterocycles. The molecule has 0 bridgehead atoms. The molecule has 0 radical (unpaired) electrons. The molecule has 6 heteroatoms. The van der Waals surface area contributed by atoms with Crippen molar-refractivity contribution in [3.8, 4) is 0 Å². The Hall–Kier alpha value is -1.52. The van der Waals surface area contributed by atoms with Crippen molar-refractivity contribution in [2.45, 2.75) is 27.0 Å². The van der Waals surface area contributed by atoms with Crippen LogP contribution in [-0.4, -0.2) is 15.5 Å². The third-order valence-corrected chi connectivity index (χ3v) is 3.42. The van der Waals surface area contributed by atoms with E-state index >= 15 is 0 Å². The molecule has 1 unspecified atom stereocenters. The van der Waals surface area contributed by atoms with E-state index in [-0.39, 0.29) is 5.97 Å². The van der Waals surface area contributed by atoms with Gasteiger partial charge in [-0.15, -0.1) is 0 Å². The molecule has 0 fully saturated rings. The van der Waals surface area contributed by atoms with E-state index < -0.39 is 11.6 Å². The third-order valence-electron chi connectivity index (χ3n) is 2.86. The van der Waals surface area contributed by atoms with Crippen molar-refractivity contribution in [3.63, 3.8) is 0 Å². The van der Waals surface area contributed by atoms with Gasteiger partial charge in [0.25, 0.3) is 0 Å². The highest BCUT2D eigenvalue weighted by Crippen LogP contribution is 2.31. The lowest BCUT2D eigenvalue weighted by Gasteiger charge is -2.25. The second kappa shape index (κ2) is 6.08. The fraction of sp³-hybridized carbons (Fsp3) is 0.333. The summed E-state index contributed by atoms with van der Waals surface area (Å²) in [6.07, 6.45) is 4.22. The van der Waals surface area contributed by atoms with Crippen molar-refractivity contribution in [2.75, 3.05) is 0 Å². The molecular formula is C15H16Cl2N2O2. The van der Waals surface area contributed by atoms with Crippen molar-refractivity contribution in [2.24, 2.45) is 5.41 Å². The van der Waals surface area contributed by atoms with Gasteiger partial charge in [0.05, 0.1) is 16.8 Å². The molecule has 0 amide bonds. The summed E-state index contributed by atoms with van der Waals surface area (Å²) >= 11 is 12.1. The maximum Gasteiger partial charge on any atom is 0.313 e. The topological polar surface area (TPSA) is 44.1 Å². The van der Waals surface area contributed by atoms with E-state index in [1.165, 1.54) is 0 Å². The fourth-order valence-corrected chi connectivity index (χ4v) is 2.17. The summed E-state index contributed by atoms with van der Waals surface area (Å²) in [5.41, 5.74) is 0.0363. The van der Waals surface area contributed by atoms with Crippen molar-refractivity contribution in [1.29, 1.82) is 0 Å². The van der Waals surface area contributed by atoms with E-state index in [1.807, 2.05) is 0 Å². The third kappa shape index (κ3) is 3.77. The van der Waals surface area contributed by atoms with Gasteiger partial charge in [0.1, 0.15) is 0 Å². The molecule has 0 aliphatic heterocycles. The van der Waals surface area contributed by atoms with Gasteiger partial charge in [0.15, 0.2) is 0 Å². The number of nitrogens with zero attached hydrogens (tertiary/aromatic N) is 2. The van der Waals surface area contributed by atoms with Crippen molar-refractivity contribution in [3.05, 3.63) is 52.5 Å². The van der Waals surface area contributed by atoms with E-state index in [2.05, 4.69) is 4.98 Å². The van der Waals surface area contributed by atoms with Gasteiger partial charge in [-0.1, -0.05) is 29.3 Å². The zero-order valence-corrected chi connectivity index (χ0v) is 13.5. The summed E-state index contributed by atoms with van der Waals surface area (Å²) in [5.74, 6) is -0.327. The van der Waals surface area contributed by atoms with E-state index in [0.29, 0.717) is 15.6 Å². The highest BCUT2D eigenvalue weighted by Gasteiger charge is 2.28. The van der Waals surface area contributed by atoms with Crippen LogP contribution in [0.5, 0.6) is 0 Å². The number of ether oxygens (including phenoxy) is 1. The van der Waals surface area contributed by atoms with Crippen LogP contribution in [0.1, 0.15) is 32.6 Å². The number of hydrogen-bond acceptors (Lipinski definition) is 3. The number of benzene rings is 1. The maximum atomic E-state index is 12.2. The Balaban J connectivity index is 2.40. The highest BCUT2D eigenvalue weighted by molar-refractivity contribution is 6.35. The summed E-state index contributed by atoms with van der Waals surface area (Å²) < 4.78 is 7.30. The normalized spacial score (nSPS) is 13.0. The van der Waals surface area contributed by atoms with Crippen molar-refractivity contribution in [1.82, 2.24) is 9.55 Å². The van der Waals surface area contributed by atoms with Gasteiger partial charge in [-0.3, -0.25) is 9.36 Å². The van der Waals surface area contributed by atoms with Gasteiger partial charge in [0.2, 0.25) is 6.23 Å². The lowest BCUT2D eigenvalue weighted by atomic mass is 9.97. The number of carbonyl (C=O) groups excluding carboxylic acids is 1. The molecule has 0 saturated carbocycles. The molecule has 1 aromatic heterocycles. The minimum Gasteiger partial charge on any atom is -0.436 e. The van der Waals surface area contributed by atoms with Gasteiger partial charge < -0.3 is 4.74 Å². The number of halogens is 2. The number of carbonyl (C=O) groups is 1.